The van der Waals surface area contributed by atoms with Crippen LogP contribution in [0.4, 0.5) is 4.79 Å². The van der Waals surface area contributed by atoms with Gasteiger partial charge in [-0.05, 0) is 37.1 Å². The van der Waals surface area contributed by atoms with Gasteiger partial charge in [-0.1, -0.05) is 42.5 Å². The van der Waals surface area contributed by atoms with Crippen molar-refractivity contribution >= 4 is 12.0 Å². The fourth-order valence-electron chi connectivity index (χ4n) is 3.28. The predicted molar refractivity (Wildman–Crippen MR) is 106 cm³/mol. The van der Waals surface area contributed by atoms with Crippen LogP contribution in [0.2, 0.25) is 0 Å². The Labute approximate surface area is 164 Å². The summed E-state index contributed by atoms with van der Waals surface area (Å²) in [4.78, 5) is 27.2. The summed E-state index contributed by atoms with van der Waals surface area (Å²) >= 11 is 0. The van der Waals surface area contributed by atoms with Crippen LogP contribution in [0.3, 0.4) is 0 Å². The zero-order chi connectivity index (χ0) is 20.1. The fraction of sp³-hybridized carbons (Fsp3) is 0.273. The molecule has 0 aromatic heterocycles. The molecule has 1 unspecified atom stereocenters. The lowest BCUT2D eigenvalue weighted by atomic mass is 9.94. The van der Waals surface area contributed by atoms with Gasteiger partial charge < -0.3 is 14.8 Å². The van der Waals surface area contributed by atoms with Crippen LogP contribution >= 0.6 is 0 Å². The number of carbonyl (C=O) groups excluding carboxylic acids is 2. The van der Waals surface area contributed by atoms with E-state index in [0.717, 1.165) is 11.1 Å². The minimum Gasteiger partial charge on any atom is -0.497 e. The molecule has 1 aliphatic rings. The standard InChI is InChI=1S/C22H24N2O4/c1-4-28-21(25)19-15(2)24(14-16-9-6-5-7-10-16)22(26)23-20(19)17-11-8-12-18(13-17)27-3/h5-13,20H,4,14H2,1-3H3,(H,23,26). The molecule has 2 aromatic carbocycles. The summed E-state index contributed by atoms with van der Waals surface area (Å²) in [6.07, 6.45) is 0. The van der Waals surface area contributed by atoms with Crippen LogP contribution < -0.4 is 10.1 Å². The van der Waals surface area contributed by atoms with E-state index in [4.69, 9.17) is 9.47 Å². The first-order valence-corrected chi connectivity index (χ1v) is 9.19. The SMILES string of the molecule is CCOC(=O)C1=C(C)N(Cc2ccccc2)C(=O)NC1c1cccc(OC)c1. The smallest absolute Gasteiger partial charge is 0.338 e. The van der Waals surface area contributed by atoms with Crippen LogP contribution in [0.1, 0.15) is 31.0 Å². The molecule has 0 saturated carbocycles. The highest BCUT2D eigenvalue weighted by Crippen LogP contribution is 2.33. The Bertz CT molecular complexity index is 892. The van der Waals surface area contributed by atoms with E-state index in [9.17, 15) is 9.59 Å². The number of allylic oxidation sites excluding steroid dienone is 1. The molecular weight excluding hydrogens is 356 g/mol. The lowest BCUT2D eigenvalue weighted by Crippen LogP contribution is -2.47. The number of esters is 1. The van der Waals surface area contributed by atoms with Gasteiger partial charge in [0, 0.05) is 5.70 Å². The third-order valence-electron chi connectivity index (χ3n) is 4.70. The summed E-state index contributed by atoms with van der Waals surface area (Å²) in [5.74, 6) is 0.213. The van der Waals surface area contributed by atoms with Gasteiger partial charge in [-0.25, -0.2) is 9.59 Å². The Hall–Kier alpha value is -3.28. The molecule has 0 saturated heterocycles. The van der Waals surface area contributed by atoms with Crippen molar-refractivity contribution in [2.75, 3.05) is 13.7 Å². The second-order valence-electron chi connectivity index (χ2n) is 6.45. The molecule has 1 N–H and O–H groups in total. The number of benzene rings is 2. The molecule has 6 heteroatoms. The third-order valence-corrected chi connectivity index (χ3v) is 4.70. The van der Waals surface area contributed by atoms with Gasteiger partial charge in [-0.2, -0.15) is 0 Å². The predicted octanol–water partition coefficient (Wildman–Crippen LogP) is 3.80. The van der Waals surface area contributed by atoms with E-state index in [0.29, 0.717) is 23.6 Å². The van der Waals surface area contributed by atoms with Crippen LogP contribution in [0.15, 0.2) is 65.9 Å². The van der Waals surface area contributed by atoms with Gasteiger partial charge in [0.05, 0.1) is 31.9 Å². The topological polar surface area (TPSA) is 67.9 Å². The molecule has 0 aliphatic carbocycles. The first kappa shape index (κ1) is 19.5. The molecule has 1 aliphatic heterocycles. The minimum atomic E-state index is -0.603. The summed E-state index contributed by atoms with van der Waals surface area (Å²) < 4.78 is 10.6. The highest BCUT2D eigenvalue weighted by atomic mass is 16.5. The van der Waals surface area contributed by atoms with Gasteiger partial charge in [0.25, 0.3) is 0 Å². The van der Waals surface area contributed by atoms with Gasteiger partial charge in [0.15, 0.2) is 0 Å². The molecule has 2 amide bonds. The van der Waals surface area contributed by atoms with Crippen molar-refractivity contribution in [2.45, 2.75) is 26.4 Å². The second kappa shape index (κ2) is 8.61. The summed E-state index contributed by atoms with van der Waals surface area (Å²) in [6, 6.07) is 16.1. The van der Waals surface area contributed by atoms with E-state index in [-0.39, 0.29) is 12.6 Å². The van der Waals surface area contributed by atoms with E-state index >= 15 is 0 Å². The average Bonchev–Trinajstić information content (AvgIpc) is 2.71. The van der Waals surface area contributed by atoms with Crippen molar-refractivity contribution < 1.29 is 19.1 Å². The number of nitrogens with zero attached hydrogens (tertiary/aromatic N) is 1. The quantitative estimate of drug-likeness (QED) is 0.774. The van der Waals surface area contributed by atoms with Crippen molar-refractivity contribution in [3.8, 4) is 5.75 Å². The Kier molecular flexibility index (Phi) is 5.99. The molecule has 1 atom stereocenters. The maximum Gasteiger partial charge on any atom is 0.338 e. The first-order chi connectivity index (χ1) is 13.5. The Morgan fingerprint density at radius 3 is 2.57 bits per heavy atom. The molecule has 3 rings (SSSR count). The van der Waals surface area contributed by atoms with E-state index in [1.807, 2.05) is 54.6 Å². The molecule has 28 heavy (non-hydrogen) atoms. The van der Waals surface area contributed by atoms with Gasteiger partial charge in [-0.3, -0.25) is 4.90 Å². The first-order valence-electron chi connectivity index (χ1n) is 9.19. The number of hydrogen-bond donors (Lipinski definition) is 1. The lowest BCUT2D eigenvalue weighted by molar-refractivity contribution is -0.139. The van der Waals surface area contributed by atoms with E-state index in [1.165, 1.54) is 0 Å². The Morgan fingerprint density at radius 2 is 1.89 bits per heavy atom. The highest BCUT2D eigenvalue weighted by Gasteiger charge is 2.36. The van der Waals surface area contributed by atoms with Crippen molar-refractivity contribution in [1.29, 1.82) is 0 Å². The molecule has 0 fully saturated rings. The normalized spacial score (nSPS) is 16.6. The molecule has 0 radical (unpaired) electrons. The van der Waals surface area contributed by atoms with Crippen LogP contribution in [0, 0.1) is 0 Å². The Balaban J connectivity index is 2.03. The van der Waals surface area contributed by atoms with Gasteiger partial charge in [0.1, 0.15) is 5.75 Å². The summed E-state index contributed by atoms with van der Waals surface area (Å²) in [6.45, 7) is 4.16. The number of nitrogens with one attached hydrogen (secondary N) is 1. The molecule has 0 bridgehead atoms. The van der Waals surface area contributed by atoms with Crippen LogP contribution in [0.25, 0.3) is 0 Å². The number of hydrogen-bond acceptors (Lipinski definition) is 4. The van der Waals surface area contributed by atoms with Gasteiger partial charge in [-0.15, -0.1) is 0 Å². The zero-order valence-electron chi connectivity index (χ0n) is 16.3. The maximum atomic E-state index is 12.9. The number of methoxy groups -OCH3 is 1. The second-order valence-corrected chi connectivity index (χ2v) is 6.45. The lowest BCUT2D eigenvalue weighted by Gasteiger charge is -2.35. The van der Waals surface area contributed by atoms with Crippen molar-refractivity contribution in [1.82, 2.24) is 10.2 Å². The number of amides is 2. The summed E-state index contributed by atoms with van der Waals surface area (Å²) in [5.41, 5.74) is 2.74. The monoisotopic (exact) mass is 380 g/mol. The van der Waals surface area contributed by atoms with Crippen molar-refractivity contribution in [3.63, 3.8) is 0 Å². The minimum absolute atomic E-state index is 0.257. The van der Waals surface area contributed by atoms with E-state index in [1.54, 1.807) is 25.9 Å². The maximum absolute atomic E-state index is 12.9. The van der Waals surface area contributed by atoms with Crippen LogP contribution in [0.5, 0.6) is 5.75 Å². The number of urea groups is 1. The average molecular weight is 380 g/mol. The molecular formula is C22H24N2O4. The van der Waals surface area contributed by atoms with Gasteiger partial charge >= 0.3 is 12.0 Å². The van der Waals surface area contributed by atoms with Crippen LogP contribution in [-0.2, 0) is 16.1 Å². The van der Waals surface area contributed by atoms with Crippen LogP contribution in [-0.4, -0.2) is 30.6 Å². The fourth-order valence-corrected chi connectivity index (χ4v) is 3.28. The van der Waals surface area contributed by atoms with E-state index in [2.05, 4.69) is 5.32 Å². The third kappa shape index (κ3) is 4.01. The zero-order valence-corrected chi connectivity index (χ0v) is 16.3. The number of rotatable bonds is 6. The number of ether oxygens (including phenoxy) is 2. The van der Waals surface area contributed by atoms with Crippen molar-refractivity contribution in [2.24, 2.45) is 0 Å². The Morgan fingerprint density at radius 1 is 1.14 bits per heavy atom. The van der Waals surface area contributed by atoms with E-state index < -0.39 is 12.0 Å². The van der Waals surface area contributed by atoms with Gasteiger partial charge in [0.2, 0.25) is 0 Å². The highest BCUT2D eigenvalue weighted by molar-refractivity contribution is 5.95. The largest absolute Gasteiger partial charge is 0.497 e. The summed E-state index contributed by atoms with van der Waals surface area (Å²) in [7, 11) is 1.58. The molecule has 146 valence electrons. The van der Waals surface area contributed by atoms with Crippen molar-refractivity contribution in [3.05, 3.63) is 77.0 Å². The molecule has 0 spiro atoms. The molecule has 6 nitrogen and oxygen atoms in total. The number of carbonyl (C=O) groups is 2. The molecule has 2 aromatic rings. The summed E-state index contributed by atoms with van der Waals surface area (Å²) in [5, 5.41) is 2.95. The molecule has 1 heterocycles.